The van der Waals surface area contributed by atoms with Crippen LogP contribution in [0.1, 0.15) is 202 Å². The molecule has 0 aromatic heterocycles. The molecule has 0 aromatic carbocycles. The zero-order valence-electron chi connectivity index (χ0n) is 44.8. The third-order valence-electron chi connectivity index (χ3n) is 22.0. The second-order valence-electron chi connectivity index (χ2n) is 29.8. The van der Waals surface area contributed by atoms with Crippen molar-refractivity contribution in [3.05, 3.63) is 0 Å². The molecule has 0 spiro atoms. The molecular formula is C59H104N10. The fourth-order valence-corrected chi connectivity index (χ4v) is 18.1. The first-order valence-corrected chi connectivity index (χ1v) is 30.1. The van der Waals surface area contributed by atoms with E-state index in [-0.39, 0.29) is 33.7 Å². The fraction of sp³-hybridized carbons (Fsp3) is 0.983. The maximum absolute atomic E-state index is 8.56. The van der Waals surface area contributed by atoms with E-state index in [2.05, 4.69) is 60.3 Å². The monoisotopic (exact) mass is 953 g/mol. The van der Waals surface area contributed by atoms with E-state index >= 15 is 0 Å². The summed E-state index contributed by atoms with van der Waals surface area (Å²) >= 11 is 0. The molecule has 9 atom stereocenters. The maximum Gasteiger partial charge on any atom is 0.101 e. The minimum Gasteiger partial charge on any atom is -0.329 e. The third-order valence-corrected chi connectivity index (χ3v) is 22.0. The number of hydrogen-bond acceptors (Lipinski definition) is 10. The average molecular weight is 954 g/mol. The highest BCUT2D eigenvalue weighted by Crippen LogP contribution is 2.69. The molecular weight excluding hydrogens is 849 g/mol. The van der Waals surface area contributed by atoms with Crippen LogP contribution in [-0.2, 0) is 0 Å². The summed E-state index contributed by atoms with van der Waals surface area (Å²) in [5, 5.41) is 28.2. The number of nitrogens with one attached hydrogen (secondary N) is 5. The quantitative estimate of drug-likeness (QED) is 0.0515. The van der Waals surface area contributed by atoms with Crippen LogP contribution in [0.4, 0.5) is 0 Å². The SMILES string of the molecule is CC(C)(C#N)NC1CC1.CC(C)(CN)NC1CC1.CC(C)(CNC1C2CC3CC1C(CC(NC1CC1)(C1CC1)C(N)C1C4CC5CC(C4)CC1C5)C(CC(N)C(N)(C1CC1)C1CC1)(C3)C2)NC1CC1. The summed E-state index contributed by atoms with van der Waals surface area (Å²) in [5.41, 5.74) is 29.1. The lowest BCUT2D eigenvalue weighted by molar-refractivity contribution is -0.153. The number of nitriles is 1. The fourth-order valence-electron chi connectivity index (χ4n) is 18.1. The Bertz CT molecular complexity index is 1790. The standard InChI is InChI=1S/C45H76N6.C7H16N2.C7H12N2/c1-42(2,50-34-9-10-34)24-49-40-30-18-27-19-36(40)37(43(20-27,21-30)23-38(46)45(48,32-5-6-32)33-7-8-33)22-44(31-3-4-31,51-35-11-12-35)41(47)39-28-14-25-13-26(16-28)17-29(39)15-25;2*1-7(2,5-8)9-6-3-4-6/h25-41,49-51H,3-24,46-48H2,1-2H3;6,9H,3-5,8H2,1-2H3;6,9H,3-4H2,1-2H3. The molecule has 15 rings (SSSR count). The van der Waals surface area contributed by atoms with Gasteiger partial charge in [0.05, 0.1) is 6.07 Å². The van der Waals surface area contributed by atoms with E-state index < -0.39 is 0 Å². The van der Waals surface area contributed by atoms with Crippen molar-refractivity contribution in [2.45, 2.75) is 272 Å². The van der Waals surface area contributed by atoms with Crippen LogP contribution in [0.15, 0.2) is 0 Å². The second-order valence-corrected chi connectivity index (χ2v) is 29.8. The molecule has 0 aromatic rings. The van der Waals surface area contributed by atoms with E-state index in [1.54, 1.807) is 0 Å². The van der Waals surface area contributed by atoms with Crippen molar-refractivity contribution in [3.8, 4) is 6.07 Å². The van der Waals surface area contributed by atoms with E-state index in [0.717, 1.165) is 78.4 Å². The summed E-state index contributed by atoms with van der Waals surface area (Å²) in [6.45, 7) is 14.8. The van der Waals surface area contributed by atoms with Crippen LogP contribution in [0.2, 0.25) is 0 Å². The second kappa shape index (κ2) is 18.7. The van der Waals surface area contributed by atoms with E-state index in [4.69, 9.17) is 28.2 Å². The maximum atomic E-state index is 8.56. The van der Waals surface area contributed by atoms with Gasteiger partial charge in [-0.2, -0.15) is 5.26 Å². The van der Waals surface area contributed by atoms with Gasteiger partial charge in [0.15, 0.2) is 0 Å². The molecule has 0 aliphatic heterocycles. The Labute approximate surface area is 420 Å². The molecule has 0 saturated heterocycles. The number of hydrogen-bond donors (Lipinski definition) is 9. The summed E-state index contributed by atoms with van der Waals surface area (Å²) in [6.07, 6.45) is 34.3. The van der Waals surface area contributed by atoms with E-state index in [9.17, 15) is 0 Å². The van der Waals surface area contributed by atoms with Crippen molar-refractivity contribution < 1.29 is 0 Å². The molecule has 390 valence electrons. The summed E-state index contributed by atoms with van der Waals surface area (Å²) in [7, 11) is 0. The normalized spacial score (nSPS) is 39.7. The first-order chi connectivity index (χ1) is 32.8. The largest absolute Gasteiger partial charge is 0.329 e. The Hall–Kier alpha value is -0.870. The highest BCUT2D eigenvalue weighted by molar-refractivity contribution is 5.22. The summed E-state index contributed by atoms with van der Waals surface area (Å²) in [6, 6.07) is 6.13. The van der Waals surface area contributed by atoms with Gasteiger partial charge in [-0.25, -0.2) is 0 Å². The van der Waals surface area contributed by atoms with Gasteiger partial charge >= 0.3 is 0 Å². The molecule has 10 heteroatoms. The van der Waals surface area contributed by atoms with E-state index in [1.165, 1.54) is 161 Å². The number of nitrogens with two attached hydrogens (primary N) is 4. The van der Waals surface area contributed by atoms with Gasteiger partial charge in [-0.1, -0.05) is 0 Å². The molecule has 0 radical (unpaired) electrons. The minimum absolute atomic E-state index is 0.0997. The van der Waals surface area contributed by atoms with Crippen LogP contribution in [0, 0.1) is 87.8 Å². The van der Waals surface area contributed by atoms with Crippen molar-refractivity contribution in [2.75, 3.05) is 13.1 Å². The van der Waals surface area contributed by atoms with Crippen molar-refractivity contribution in [1.82, 2.24) is 26.6 Å². The van der Waals surface area contributed by atoms with Gasteiger partial charge < -0.3 is 44.2 Å². The van der Waals surface area contributed by atoms with Crippen LogP contribution in [0.3, 0.4) is 0 Å². The average Bonchev–Trinajstić information content (AvgIpc) is 4.08. The predicted molar refractivity (Wildman–Crippen MR) is 282 cm³/mol. The molecule has 15 aliphatic rings. The van der Waals surface area contributed by atoms with Gasteiger partial charge in [-0.15, -0.1) is 0 Å². The first-order valence-electron chi connectivity index (χ1n) is 30.1. The van der Waals surface area contributed by atoms with Crippen LogP contribution < -0.4 is 49.5 Å². The van der Waals surface area contributed by atoms with Crippen molar-refractivity contribution in [2.24, 2.45) is 99.4 Å². The molecule has 15 fully saturated rings. The lowest BCUT2D eigenvalue weighted by atomic mass is 9.40. The van der Waals surface area contributed by atoms with Crippen molar-refractivity contribution >= 4 is 0 Å². The summed E-state index contributed by atoms with van der Waals surface area (Å²) in [4.78, 5) is 0. The van der Waals surface area contributed by atoms with Gasteiger partial charge in [0.1, 0.15) is 5.54 Å². The molecule has 15 saturated carbocycles. The predicted octanol–water partition coefficient (Wildman–Crippen LogP) is 7.97. The van der Waals surface area contributed by atoms with E-state index in [1.807, 2.05) is 13.8 Å². The Morgan fingerprint density at radius 3 is 1.61 bits per heavy atom. The van der Waals surface area contributed by atoms with E-state index in [0.29, 0.717) is 47.3 Å². The van der Waals surface area contributed by atoms with Crippen LogP contribution >= 0.6 is 0 Å². The molecule has 13 N–H and O–H groups in total. The van der Waals surface area contributed by atoms with Gasteiger partial charge in [-0.05, 0) is 278 Å². The molecule has 69 heavy (non-hydrogen) atoms. The number of rotatable bonds is 22. The Morgan fingerprint density at radius 1 is 0.594 bits per heavy atom. The Morgan fingerprint density at radius 2 is 1.10 bits per heavy atom. The first kappa shape index (κ1) is 50.3. The van der Waals surface area contributed by atoms with Gasteiger partial charge in [-0.3, -0.25) is 5.32 Å². The Kier molecular flexibility index (Phi) is 13.7. The smallest absolute Gasteiger partial charge is 0.101 e. The number of nitrogens with zero attached hydrogens (tertiary/aromatic N) is 1. The van der Waals surface area contributed by atoms with Gasteiger partial charge in [0, 0.05) is 77.5 Å². The van der Waals surface area contributed by atoms with Crippen molar-refractivity contribution in [1.29, 1.82) is 5.26 Å². The highest BCUT2D eigenvalue weighted by atomic mass is 15.1. The lowest BCUT2D eigenvalue weighted by Crippen LogP contribution is -2.71. The summed E-state index contributed by atoms with van der Waals surface area (Å²) < 4.78 is 0. The molecule has 10 nitrogen and oxygen atoms in total. The van der Waals surface area contributed by atoms with Crippen LogP contribution in [0.25, 0.3) is 0 Å². The molecule has 0 amide bonds. The molecule has 9 unspecified atom stereocenters. The third kappa shape index (κ3) is 11.1. The molecule has 8 bridgehead atoms. The Balaban J connectivity index is 0.000000243. The van der Waals surface area contributed by atoms with Crippen LogP contribution in [-0.4, -0.2) is 83.1 Å². The minimum atomic E-state index is -0.318. The zero-order chi connectivity index (χ0) is 48.3. The lowest BCUT2D eigenvalue weighted by Gasteiger charge is -2.67. The van der Waals surface area contributed by atoms with Crippen molar-refractivity contribution in [3.63, 3.8) is 0 Å². The zero-order valence-corrected chi connectivity index (χ0v) is 44.8. The molecule has 15 aliphatic carbocycles. The highest BCUT2D eigenvalue weighted by Gasteiger charge is 2.67. The van der Waals surface area contributed by atoms with Crippen LogP contribution in [0.5, 0.6) is 0 Å². The summed E-state index contributed by atoms with van der Waals surface area (Å²) in [5.74, 6) is 9.79. The van der Waals surface area contributed by atoms with Gasteiger partial charge in [0.25, 0.3) is 0 Å². The topological polar surface area (TPSA) is 188 Å². The molecule has 0 heterocycles. The van der Waals surface area contributed by atoms with Gasteiger partial charge in [0.2, 0.25) is 0 Å².